The van der Waals surface area contributed by atoms with E-state index in [9.17, 15) is 18.0 Å². The van der Waals surface area contributed by atoms with Gasteiger partial charge in [-0.25, -0.2) is 0 Å². The van der Waals surface area contributed by atoms with Crippen LogP contribution in [0, 0.1) is 11.8 Å². The Bertz CT molecular complexity index is 596. The lowest BCUT2D eigenvalue weighted by atomic mass is 10.0. The SMILES string of the molecule is COC(=O)[C@H](CC(C)C)N1CC=CCN([C@@H](CC(C)C)C(=O)OC)S1(=O)=O. The average molecular weight is 405 g/mol. The Hall–Kier alpha value is -1.45. The lowest BCUT2D eigenvalue weighted by Gasteiger charge is -2.35. The van der Waals surface area contributed by atoms with Crippen LogP contribution in [0.2, 0.25) is 0 Å². The van der Waals surface area contributed by atoms with E-state index < -0.39 is 34.2 Å². The summed E-state index contributed by atoms with van der Waals surface area (Å²) in [6.45, 7) is 7.71. The first-order valence-corrected chi connectivity index (χ1v) is 10.5. The second kappa shape index (κ2) is 10.2. The third kappa shape index (κ3) is 6.02. The zero-order valence-electron chi connectivity index (χ0n) is 17.0. The molecular weight excluding hydrogens is 372 g/mol. The van der Waals surface area contributed by atoms with Gasteiger partial charge in [0.15, 0.2) is 0 Å². The smallest absolute Gasteiger partial charge is 0.324 e. The second-order valence-corrected chi connectivity index (χ2v) is 9.29. The van der Waals surface area contributed by atoms with Crippen LogP contribution >= 0.6 is 0 Å². The first kappa shape index (κ1) is 23.6. The molecule has 1 aliphatic rings. The van der Waals surface area contributed by atoms with Crippen molar-refractivity contribution in [1.29, 1.82) is 0 Å². The van der Waals surface area contributed by atoms with Gasteiger partial charge >= 0.3 is 11.9 Å². The minimum absolute atomic E-state index is 0.0426. The van der Waals surface area contributed by atoms with Gasteiger partial charge in [-0.3, -0.25) is 9.59 Å². The molecule has 0 saturated carbocycles. The van der Waals surface area contributed by atoms with Crippen molar-refractivity contribution in [2.75, 3.05) is 27.3 Å². The van der Waals surface area contributed by atoms with Gasteiger partial charge in [-0.15, -0.1) is 0 Å². The van der Waals surface area contributed by atoms with Crippen molar-refractivity contribution in [2.45, 2.75) is 52.6 Å². The fourth-order valence-electron chi connectivity index (χ4n) is 3.08. The molecule has 0 saturated heterocycles. The van der Waals surface area contributed by atoms with Gasteiger partial charge in [-0.05, 0) is 24.7 Å². The fraction of sp³-hybridized carbons (Fsp3) is 0.778. The molecule has 0 aromatic heterocycles. The van der Waals surface area contributed by atoms with Crippen molar-refractivity contribution in [3.63, 3.8) is 0 Å². The monoisotopic (exact) mass is 404 g/mol. The molecule has 27 heavy (non-hydrogen) atoms. The van der Waals surface area contributed by atoms with Gasteiger partial charge in [0.2, 0.25) is 0 Å². The number of carbonyl (C=O) groups excluding carboxylic acids is 2. The summed E-state index contributed by atoms with van der Waals surface area (Å²) in [7, 11) is -1.62. The number of rotatable bonds is 8. The molecule has 0 radical (unpaired) electrons. The van der Waals surface area contributed by atoms with Crippen molar-refractivity contribution < 1.29 is 27.5 Å². The Morgan fingerprint density at radius 3 is 1.44 bits per heavy atom. The maximum atomic E-state index is 13.4. The Kier molecular flexibility index (Phi) is 8.90. The first-order chi connectivity index (χ1) is 12.6. The molecule has 156 valence electrons. The molecule has 0 aliphatic carbocycles. The van der Waals surface area contributed by atoms with E-state index in [0.29, 0.717) is 12.8 Å². The second-order valence-electron chi connectivity index (χ2n) is 7.46. The highest BCUT2D eigenvalue weighted by atomic mass is 32.2. The molecule has 0 N–H and O–H groups in total. The van der Waals surface area contributed by atoms with Crippen molar-refractivity contribution in [2.24, 2.45) is 11.8 Å². The summed E-state index contributed by atoms with van der Waals surface area (Å²) in [5.74, 6) is -1.06. The molecule has 0 aromatic rings. The first-order valence-electron chi connectivity index (χ1n) is 9.15. The van der Waals surface area contributed by atoms with Crippen LogP contribution < -0.4 is 0 Å². The summed E-state index contributed by atoms with van der Waals surface area (Å²) in [5, 5.41) is 0. The Morgan fingerprint density at radius 2 is 1.19 bits per heavy atom. The number of esters is 2. The summed E-state index contributed by atoms with van der Waals surface area (Å²) in [4.78, 5) is 24.7. The van der Waals surface area contributed by atoms with Gasteiger partial charge in [-0.1, -0.05) is 39.8 Å². The van der Waals surface area contributed by atoms with E-state index in [1.54, 1.807) is 12.2 Å². The predicted octanol–water partition coefficient (Wildman–Crippen LogP) is 1.58. The third-order valence-electron chi connectivity index (χ3n) is 4.36. The van der Waals surface area contributed by atoms with Gasteiger partial charge in [0.25, 0.3) is 10.2 Å². The highest BCUT2D eigenvalue weighted by Gasteiger charge is 2.44. The van der Waals surface area contributed by atoms with E-state index in [1.807, 2.05) is 27.7 Å². The standard InChI is InChI=1S/C18H32N2O6S/c1-13(2)11-15(17(21)25-5)19-9-7-8-10-20(27(19,23)24)16(12-14(3)4)18(22)26-6/h7-8,13-16H,9-12H2,1-6H3/t15-,16-/m0/s1. The highest BCUT2D eigenvalue weighted by Crippen LogP contribution is 2.25. The van der Waals surface area contributed by atoms with Gasteiger partial charge in [0.05, 0.1) is 14.2 Å². The van der Waals surface area contributed by atoms with Crippen LogP contribution in [0.5, 0.6) is 0 Å². The zero-order chi connectivity index (χ0) is 20.8. The molecule has 0 bridgehead atoms. The normalized spacial score (nSPS) is 20.3. The van der Waals surface area contributed by atoms with Gasteiger partial charge in [-0.2, -0.15) is 17.0 Å². The maximum Gasteiger partial charge on any atom is 0.324 e. The molecule has 0 unspecified atom stereocenters. The van der Waals surface area contributed by atoms with Crippen molar-refractivity contribution >= 4 is 22.1 Å². The van der Waals surface area contributed by atoms with E-state index in [2.05, 4.69) is 0 Å². The fourth-order valence-corrected chi connectivity index (χ4v) is 4.89. The van der Waals surface area contributed by atoms with Crippen LogP contribution in [0.15, 0.2) is 12.2 Å². The summed E-state index contributed by atoms with van der Waals surface area (Å²) in [5.41, 5.74) is 0. The summed E-state index contributed by atoms with van der Waals surface area (Å²) < 4.78 is 38.8. The van der Waals surface area contributed by atoms with Crippen LogP contribution in [0.25, 0.3) is 0 Å². The number of nitrogens with zero attached hydrogens (tertiary/aromatic N) is 2. The zero-order valence-corrected chi connectivity index (χ0v) is 17.9. The Morgan fingerprint density at radius 1 is 0.852 bits per heavy atom. The van der Waals surface area contributed by atoms with E-state index in [0.717, 1.165) is 8.61 Å². The average Bonchev–Trinajstić information content (AvgIpc) is 2.74. The van der Waals surface area contributed by atoms with Crippen molar-refractivity contribution in [3.8, 4) is 0 Å². The van der Waals surface area contributed by atoms with Gasteiger partial charge in [0, 0.05) is 13.1 Å². The van der Waals surface area contributed by atoms with Crippen LogP contribution in [-0.4, -0.2) is 68.4 Å². The minimum Gasteiger partial charge on any atom is -0.468 e. The van der Waals surface area contributed by atoms with Crippen molar-refractivity contribution in [1.82, 2.24) is 8.61 Å². The number of hydrogen-bond donors (Lipinski definition) is 0. The van der Waals surface area contributed by atoms with Crippen molar-refractivity contribution in [3.05, 3.63) is 12.2 Å². The summed E-state index contributed by atoms with van der Waals surface area (Å²) >= 11 is 0. The molecule has 1 aliphatic heterocycles. The van der Waals surface area contributed by atoms with Gasteiger partial charge < -0.3 is 9.47 Å². The van der Waals surface area contributed by atoms with E-state index >= 15 is 0 Å². The Labute approximate surface area is 162 Å². The van der Waals surface area contributed by atoms with Crippen LogP contribution in [0.3, 0.4) is 0 Å². The molecule has 1 heterocycles. The number of ether oxygens (including phenoxy) is 2. The van der Waals surface area contributed by atoms with Crippen LogP contribution in [-0.2, 0) is 29.3 Å². The lowest BCUT2D eigenvalue weighted by molar-refractivity contribution is -0.145. The molecule has 1 rings (SSSR count). The highest BCUT2D eigenvalue weighted by molar-refractivity contribution is 7.86. The minimum atomic E-state index is -4.10. The lowest BCUT2D eigenvalue weighted by Crippen LogP contribution is -2.55. The van der Waals surface area contributed by atoms with Crippen LogP contribution in [0.1, 0.15) is 40.5 Å². The predicted molar refractivity (Wildman–Crippen MR) is 102 cm³/mol. The summed E-state index contributed by atoms with van der Waals surface area (Å²) in [6.07, 6.45) is 4.02. The molecule has 0 amide bonds. The number of methoxy groups -OCH3 is 2. The molecule has 0 fully saturated rings. The quantitative estimate of drug-likeness (QED) is 0.450. The maximum absolute atomic E-state index is 13.4. The topological polar surface area (TPSA) is 93.2 Å². The number of hydrogen-bond acceptors (Lipinski definition) is 6. The van der Waals surface area contributed by atoms with Crippen LogP contribution in [0.4, 0.5) is 0 Å². The number of carbonyl (C=O) groups is 2. The summed E-state index contributed by atoms with van der Waals surface area (Å²) in [6, 6.07) is -1.91. The molecule has 8 nitrogen and oxygen atoms in total. The molecule has 0 spiro atoms. The molecule has 0 aromatic carbocycles. The Balaban J connectivity index is 3.37. The molecule has 9 heteroatoms. The van der Waals surface area contributed by atoms with E-state index in [1.165, 1.54) is 14.2 Å². The largest absolute Gasteiger partial charge is 0.468 e. The molecular formula is C18H32N2O6S. The van der Waals surface area contributed by atoms with E-state index in [-0.39, 0.29) is 24.9 Å². The van der Waals surface area contributed by atoms with E-state index in [4.69, 9.17) is 9.47 Å². The molecule has 2 atom stereocenters. The third-order valence-corrected chi connectivity index (χ3v) is 6.35. The van der Waals surface area contributed by atoms with Gasteiger partial charge in [0.1, 0.15) is 12.1 Å².